The highest BCUT2D eigenvalue weighted by atomic mass is 35.5. The first-order valence-electron chi connectivity index (χ1n) is 6.69. The topological polar surface area (TPSA) is 3.24 Å². The molecule has 0 unspecified atom stereocenters. The summed E-state index contributed by atoms with van der Waals surface area (Å²) in [5, 5.41) is 1.35. The number of fused-ring (bicyclic) bond motifs is 1. The van der Waals surface area contributed by atoms with Crippen molar-refractivity contribution in [2.75, 3.05) is 19.6 Å². The van der Waals surface area contributed by atoms with Gasteiger partial charge in [-0.05, 0) is 36.0 Å². The van der Waals surface area contributed by atoms with Gasteiger partial charge in [0, 0.05) is 25.0 Å². The van der Waals surface area contributed by atoms with Gasteiger partial charge in [-0.1, -0.05) is 43.1 Å². The maximum atomic E-state index is 6.15. The van der Waals surface area contributed by atoms with Crippen LogP contribution in [0.25, 0.3) is 0 Å². The van der Waals surface area contributed by atoms with Crippen LogP contribution in [0.3, 0.4) is 0 Å². The molecule has 1 aliphatic heterocycles. The Labute approximate surface area is 119 Å². The Kier molecular flexibility index (Phi) is 3.12. The van der Waals surface area contributed by atoms with Crippen molar-refractivity contribution in [1.29, 1.82) is 0 Å². The summed E-state index contributed by atoms with van der Waals surface area (Å²) in [6.45, 7) is 8.22. The van der Waals surface area contributed by atoms with Crippen molar-refractivity contribution < 1.29 is 0 Å². The Bertz CT molecular complexity index is 472. The molecular formula is C15H19Cl2N. The van der Waals surface area contributed by atoms with E-state index in [1.54, 1.807) is 0 Å². The van der Waals surface area contributed by atoms with Crippen LogP contribution in [0.1, 0.15) is 25.8 Å². The molecular weight excluding hydrogens is 265 g/mol. The zero-order valence-corrected chi connectivity index (χ0v) is 12.4. The van der Waals surface area contributed by atoms with Crippen LogP contribution in [0.15, 0.2) is 18.2 Å². The SMILES string of the molecule is CC(C)CN1C[C@@H]2C[C@]2(c2ccc(Cl)c(Cl)c2)C1. The Morgan fingerprint density at radius 2 is 2.11 bits per heavy atom. The maximum Gasteiger partial charge on any atom is 0.0595 e. The van der Waals surface area contributed by atoms with E-state index in [1.807, 2.05) is 6.07 Å². The first-order valence-corrected chi connectivity index (χ1v) is 7.45. The van der Waals surface area contributed by atoms with E-state index in [4.69, 9.17) is 23.2 Å². The summed E-state index contributed by atoms with van der Waals surface area (Å²) < 4.78 is 0. The number of benzene rings is 1. The molecule has 1 aromatic rings. The van der Waals surface area contributed by atoms with Crippen molar-refractivity contribution in [2.24, 2.45) is 11.8 Å². The van der Waals surface area contributed by atoms with Crippen LogP contribution in [-0.4, -0.2) is 24.5 Å². The number of halogens is 2. The molecule has 1 nitrogen and oxygen atoms in total. The summed E-state index contributed by atoms with van der Waals surface area (Å²) >= 11 is 12.1. The smallest absolute Gasteiger partial charge is 0.0595 e. The monoisotopic (exact) mass is 283 g/mol. The molecule has 0 N–H and O–H groups in total. The van der Waals surface area contributed by atoms with E-state index < -0.39 is 0 Å². The van der Waals surface area contributed by atoms with Gasteiger partial charge in [-0.15, -0.1) is 0 Å². The van der Waals surface area contributed by atoms with Crippen molar-refractivity contribution in [2.45, 2.75) is 25.7 Å². The van der Waals surface area contributed by atoms with Crippen molar-refractivity contribution in [3.63, 3.8) is 0 Å². The fourth-order valence-corrected chi connectivity index (χ4v) is 3.79. The van der Waals surface area contributed by atoms with E-state index in [9.17, 15) is 0 Å². The molecule has 18 heavy (non-hydrogen) atoms. The van der Waals surface area contributed by atoms with Gasteiger partial charge in [-0.2, -0.15) is 0 Å². The number of likely N-dealkylation sites (tertiary alicyclic amines) is 1. The summed E-state index contributed by atoms with van der Waals surface area (Å²) in [6, 6.07) is 6.17. The Balaban J connectivity index is 1.79. The molecule has 0 aromatic heterocycles. The zero-order valence-electron chi connectivity index (χ0n) is 10.9. The van der Waals surface area contributed by atoms with E-state index in [-0.39, 0.29) is 0 Å². The lowest BCUT2D eigenvalue weighted by Gasteiger charge is -2.22. The second kappa shape index (κ2) is 4.40. The number of hydrogen-bond donors (Lipinski definition) is 0. The third kappa shape index (κ3) is 2.07. The highest BCUT2D eigenvalue weighted by Gasteiger charge is 2.60. The van der Waals surface area contributed by atoms with Gasteiger partial charge in [0.2, 0.25) is 0 Å². The molecule has 1 saturated heterocycles. The molecule has 3 heteroatoms. The largest absolute Gasteiger partial charge is 0.302 e. The molecule has 0 spiro atoms. The van der Waals surface area contributed by atoms with Gasteiger partial charge in [0.25, 0.3) is 0 Å². The fourth-order valence-electron chi connectivity index (χ4n) is 3.50. The third-order valence-electron chi connectivity index (χ3n) is 4.33. The predicted octanol–water partition coefficient (Wildman–Crippen LogP) is 4.22. The quantitative estimate of drug-likeness (QED) is 0.803. The average molecular weight is 284 g/mol. The molecule has 1 aliphatic carbocycles. The minimum atomic E-state index is 0.378. The number of piperidine rings is 1. The van der Waals surface area contributed by atoms with Crippen molar-refractivity contribution in [3.8, 4) is 0 Å². The molecule has 2 fully saturated rings. The lowest BCUT2D eigenvalue weighted by Crippen LogP contribution is -2.29. The molecule has 3 rings (SSSR count). The molecule has 2 atom stereocenters. The number of nitrogens with zero attached hydrogens (tertiary/aromatic N) is 1. The number of hydrogen-bond acceptors (Lipinski definition) is 1. The third-order valence-corrected chi connectivity index (χ3v) is 5.07. The van der Waals surface area contributed by atoms with Crippen LogP contribution in [-0.2, 0) is 5.41 Å². The molecule has 0 bridgehead atoms. The zero-order chi connectivity index (χ0) is 12.9. The highest BCUT2D eigenvalue weighted by molar-refractivity contribution is 6.42. The normalized spacial score (nSPS) is 30.8. The van der Waals surface area contributed by atoms with E-state index >= 15 is 0 Å². The Morgan fingerprint density at radius 3 is 2.78 bits per heavy atom. The highest BCUT2D eigenvalue weighted by Crippen LogP contribution is 2.59. The van der Waals surface area contributed by atoms with Crippen LogP contribution in [0, 0.1) is 11.8 Å². The molecule has 0 amide bonds. The standard InChI is InChI=1S/C15H19Cl2N/c1-10(2)7-18-8-12-6-15(12,9-18)11-3-4-13(16)14(17)5-11/h3-5,10,12H,6-9H2,1-2H3/t12-,15+/m0/s1. The summed E-state index contributed by atoms with van der Waals surface area (Å²) in [5.41, 5.74) is 1.76. The van der Waals surface area contributed by atoms with Crippen LogP contribution in [0.5, 0.6) is 0 Å². The van der Waals surface area contributed by atoms with Crippen LogP contribution < -0.4 is 0 Å². The summed E-state index contributed by atoms with van der Waals surface area (Å²) in [7, 11) is 0. The van der Waals surface area contributed by atoms with Gasteiger partial charge in [0.1, 0.15) is 0 Å². The van der Waals surface area contributed by atoms with E-state index in [2.05, 4.69) is 30.9 Å². The van der Waals surface area contributed by atoms with E-state index in [0.717, 1.165) is 11.8 Å². The Hall–Kier alpha value is -0.240. The predicted molar refractivity (Wildman–Crippen MR) is 77.5 cm³/mol. The lowest BCUT2D eigenvalue weighted by molar-refractivity contribution is 0.265. The van der Waals surface area contributed by atoms with Gasteiger partial charge in [0.15, 0.2) is 0 Å². The van der Waals surface area contributed by atoms with Gasteiger partial charge in [0.05, 0.1) is 10.0 Å². The second-order valence-corrected chi connectivity index (χ2v) is 7.09. The first kappa shape index (κ1) is 12.8. The van der Waals surface area contributed by atoms with E-state index in [1.165, 1.54) is 31.6 Å². The van der Waals surface area contributed by atoms with Gasteiger partial charge >= 0.3 is 0 Å². The molecule has 2 aliphatic rings. The molecule has 1 saturated carbocycles. The fraction of sp³-hybridized carbons (Fsp3) is 0.600. The Morgan fingerprint density at radius 1 is 1.33 bits per heavy atom. The van der Waals surface area contributed by atoms with Gasteiger partial charge < -0.3 is 4.90 Å². The van der Waals surface area contributed by atoms with Crippen molar-refractivity contribution in [1.82, 2.24) is 4.90 Å². The first-order chi connectivity index (χ1) is 8.51. The minimum absolute atomic E-state index is 0.378. The van der Waals surface area contributed by atoms with Crippen LogP contribution >= 0.6 is 23.2 Å². The van der Waals surface area contributed by atoms with E-state index in [0.29, 0.717) is 15.5 Å². The van der Waals surface area contributed by atoms with Gasteiger partial charge in [-0.25, -0.2) is 0 Å². The van der Waals surface area contributed by atoms with Crippen LogP contribution in [0.4, 0.5) is 0 Å². The molecule has 1 heterocycles. The van der Waals surface area contributed by atoms with Crippen molar-refractivity contribution in [3.05, 3.63) is 33.8 Å². The minimum Gasteiger partial charge on any atom is -0.302 e. The maximum absolute atomic E-state index is 6.15. The lowest BCUT2D eigenvalue weighted by atomic mass is 9.95. The molecule has 0 radical (unpaired) electrons. The summed E-state index contributed by atoms with van der Waals surface area (Å²) in [4.78, 5) is 2.60. The average Bonchev–Trinajstić information content (AvgIpc) is 2.86. The van der Waals surface area contributed by atoms with Crippen LogP contribution in [0.2, 0.25) is 10.0 Å². The summed E-state index contributed by atoms with van der Waals surface area (Å²) in [5.74, 6) is 1.57. The summed E-state index contributed by atoms with van der Waals surface area (Å²) in [6.07, 6.45) is 1.32. The van der Waals surface area contributed by atoms with Crippen molar-refractivity contribution >= 4 is 23.2 Å². The van der Waals surface area contributed by atoms with Gasteiger partial charge in [-0.3, -0.25) is 0 Å². The molecule has 98 valence electrons. The molecule has 1 aromatic carbocycles. The number of rotatable bonds is 3. The second-order valence-electron chi connectivity index (χ2n) is 6.27.